The number of rotatable bonds is 5. The molecule has 0 saturated carbocycles. The van der Waals surface area contributed by atoms with Crippen LogP contribution in [0.4, 0.5) is 0 Å². The van der Waals surface area contributed by atoms with E-state index in [4.69, 9.17) is 4.52 Å². The van der Waals surface area contributed by atoms with Crippen molar-refractivity contribution in [3.8, 4) is 0 Å². The highest BCUT2D eigenvalue weighted by molar-refractivity contribution is 6.21. The predicted molar refractivity (Wildman–Crippen MR) is 103 cm³/mol. The minimum Gasteiger partial charge on any atom is -0.374 e. The molecule has 6 heteroatoms. The minimum atomic E-state index is -0.123. The molecular weight excluding hydrogens is 356 g/mol. The highest BCUT2D eigenvalue weighted by Gasteiger charge is 2.38. The molecule has 0 radical (unpaired) electrons. The summed E-state index contributed by atoms with van der Waals surface area (Å²) in [7, 11) is 0. The second kappa shape index (κ2) is 7.30. The number of aromatic nitrogens is 1. The smallest absolute Gasteiger partial charge is 0.168 e. The molecule has 0 aromatic carbocycles. The van der Waals surface area contributed by atoms with Gasteiger partial charge in [0, 0.05) is 50.9 Å². The topological polar surface area (TPSA) is 80.5 Å². The Morgan fingerprint density at radius 3 is 2.57 bits per heavy atom. The van der Waals surface area contributed by atoms with Gasteiger partial charge in [0.15, 0.2) is 17.3 Å². The SMILES string of the molecule is CC1(C)CC(=O)C(C(=O)CCc2noc3c2C(=O)CCC3)=C(N2CCCC2)C1. The Morgan fingerprint density at radius 2 is 1.82 bits per heavy atom. The quantitative estimate of drug-likeness (QED) is 0.724. The maximum atomic E-state index is 13.1. The Bertz CT molecular complexity index is 856. The number of fused-ring (bicyclic) bond motifs is 1. The van der Waals surface area contributed by atoms with Crippen LogP contribution in [0.1, 0.15) is 80.6 Å². The summed E-state index contributed by atoms with van der Waals surface area (Å²) in [5, 5.41) is 4.04. The van der Waals surface area contributed by atoms with Gasteiger partial charge >= 0.3 is 0 Å². The number of Topliss-reactive ketones (excluding diaryl/α,β-unsaturated/α-hetero) is 3. The molecule has 4 rings (SSSR count). The summed E-state index contributed by atoms with van der Waals surface area (Å²) >= 11 is 0. The van der Waals surface area contributed by atoms with Crippen molar-refractivity contribution in [2.75, 3.05) is 13.1 Å². The molecule has 0 bridgehead atoms. The van der Waals surface area contributed by atoms with Crippen molar-refractivity contribution >= 4 is 17.3 Å². The van der Waals surface area contributed by atoms with Crippen LogP contribution in [-0.2, 0) is 22.4 Å². The first kappa shape index (κ1) is 19.1. The van der Waals surface area contributed by atoms with E-state index in [9.17, 15) is 14.4 Å². The summed E-state index contributed by atoms with van der Waals surface area (Å²) in [6.07, 6.45) is 5.92. The van der Waals surface area contributed by atoms with Crippen LogP contribution in [-0.4, -0.2) is 40.5 Å². The van der Waals surface area contributed by atoms with Gasteiger partial charge in [-0.25, -0.2) is 0 Å². The number of hydrogen-bond acceptors (Lipinski definition) is 6. The molecule has 0 N–H and O–H groups in total. The van der Waals surface area contributed by atoms with Gasteiger partial charge in [0.2, 0.25) is 0 Å². The first-order valence-electron chi connectivity index (χ1n) is 10.4. The zero-order valence-electron chi connectivity index (χ0n) is 16.8. The monoisotopic (exact) mass is 384 g/mol. The molecule has 28 heavy (non-hydrogen) atoms. The molecule has 1 aliphatic heterocycles. The Labute approximate surface area is 165 Å². The fourth-order valence-corrected chi connectivity index (χ4v) is 4.77. The van der Waals surface area contributed by atoms with E-state index in [0.29, 0.717) is 41.9 Å². The lowest BCUT2D eigenvalue weighted by atomic mass is 9.74. The molecule has 0 spiro atoms. The zero-order chi connectivity index (χ0) is 19.9. The summed E-state index contributed by atoms with van der Waals surface area (Å²) in [6.45, 7) is 6.02. The first-order valence-corrected chi connectivity index (χ1v) is 10.4. The summed E-state index contributed by atoms with van der Waals surface area (Å²) < 4.78 is 5.32. The van der Waals surface area contributed by atoms with Gasteiger partial charge in [-0.15, -0.1) is 0 Å². The van der Waals surface area contributed by atoms with Gasteiger partial charge in [0.1, 0.15) is 5.76 Å². The highest BCUT2D eigenvalue weighted by atomic mass is 16.5. The van der Waals surface area contributed by atoms with E-state index in [2.05, 4.69) is 23.9 Å². The van der Waals surface area contributed by atoms with Gasteiger partial charge < -0.3 is 9.42 Å². The fraction of sp³-hybridized carbons (Fsp3) is 0.636. The number of carbonyl (C=O) groups excluding carboxylic acids is 3. The first-order chi connectivity index (χ1) is 13.4. The largest absolute Gasteiger partial charge is 0.374 e. The third-order valence-electron chi connectivity index (χ3n) is 6.13. The number of ketones is 3. The van der Waals surface area contributed by atoms with E-state index in [0.717, 1.165) is 50.9 Å². The van der Waals surface area contributed by atoms with Gasteiger partial charge in [-0.2, -0.15) is 0 Å². The lowest BCUT2D eigenvalue weighted by Crippen LogP contribution is -2.35. The number of nitrogens with zero attached hydrogens (tertiary/aromatic N) is 2. The lowest BCUT2D eigenvalue weighted by molar-refractivity contribution is -0.123. The number of likely N-dealkylation sites (tertiary alicyclic amines) is 1. The molecule has 150 valence electrons. The highest BCUT2D eigenvalue weighted by Crippen LogP contribution is 2.40. The van der Waals surface area contributed by atoms with Crippen LogP contribution in [0.3, 0.4) is 0 Å². The van der Waals surface area contributed by atoms with Gasteiger partial charge in [0.05, 0.1) is 16.8 Å². The van der Waals surface area contributed by atoms with Crippen LogP contribution in [0.25, 0.3) is 0 Å². The normalized spacial score (nSPS) is 22.0. The predicted octanol–water partition coefficient (Wildman–Crippen LogP) is 3.43. The zero-order valence-corrected chi connectivity index (χ0v) is 16.8. The van der Waals surface area contributed by atoms with Gasteiger partial charge in [0.25, 0.3) is 0 Å². The van der Waals surface area contributed by atoms with Crippen molar-refractivity contribution in [2.45, 2.75) is 71.6 Å². The Kier molecular flexibility index (Phi) is 4.98. The van der Waals surface area contributed by atoms with Crippen LogP contribution < -0.4 is 0 Å². The summed E-state index contributed by atoms with van der Waals surface area (Å²) in [5.74, 6) is 0.535. The summed E-state index contributed by atoms with van der Waals surface area (Å²) in [4.78, 5) is 40.4. The molecule has 2 heterocycles. The maximum absolute atomic E-state index is 13.1. The molecule has 3 aliphatic rings. The third kappa shape index (κ3) is 3.56. The van der Waals surface area contributed by atoms with E-state index in [1.54, 1.807) is 0 Å². The molecule has 1 aromatic heterocycles. The Morgan fingerprint density at radius 1 is 1.07 bits per heavy atom. The van der Waals surface area contributed by atoms with E-state index in [1.165, 1.54) is 0 Å². The molecule has 1 fully saturated rings. The standard InChI is InChI=1S/C22H28N2O4/c1-22(2)12-15(24-10-3-4-11-24)21(18(27)13-22)17(26)9-8-14-20-16(25)6-5-7-19(20)28-23-14/h3-13H2,1-2H3. The molecule has 0 atom stereocenters. The number of allylic oxidation sites excluding steroid dienone is 2. The second-order valence-electron chi connectivity index (χ2n) is 9.08. The Balaban J connectivity index is 1.56. The van der Waals surface area contributed by atoms with Crippen LogP contribution in [0.15, 0.2) is 15.8 Å². The molecule has 1 aromatic rings. The third-order valence-corrected chi connectivity index (χ3v) is 6.13. The van der Waals surface area contributed by atoms with E-state index < -0.39 is 0 Å². The molecular formula is C22H28N2O4. The number of hydrogen-bond donors (Lipinski definition) is 0. The van der Waals surface area contributed by atoms with Crippen molar-refractivity contribution in [2.24, 2.45) is 5.41 Å². The van der Waals surface area contributed by atoms with Crippen LogP contribution in [0, 0.1) is 5.41 Å². The maximum Gasteiger partial charge on any atom is 0.168 e. The van der Waals surface area contributed by atoms with Crippen molar-refractivity contribution in [3.05, 3.63) is 28.3 Å². The minimum absolute atomic E-state index is 0.0404. The van der Waals surface area contributed by atoms with E-state index in [1.807, 2.05) is 0 Å². The van der Waals surface area contributed by atoms with Crippen LogP contribution in [0.5, 0.6) is 0 Å². The average Bonchev–Trinajstić information content (AvgIpc) is 3.29. The van der Waals surface area contributed by atoms with Crippen LogP contribution >= 0.6 is 0 Å². The fourth-order valence-electron chi connectivity index (χ4n) is 4.77. The molecule has 1 saturated heterocycles. The van der Waals surface area contributed by atoms with Gasteiger partial charge in [-0.05, 0) is 31.1 Å². The van der Waals surface area contributed by atoms with Gasteiger partial charge in [-0.3, -0.25) is 14.4 Å². The molecule has 0 unspecified atom stereocenters. The second-order valence-corrected chi connectivity index (χ2v) is 9.08. The van der Waals surface area contributed by atoms with Gasteiger partial charge in [-0.1, -0.05) is 19.0 Å². The van der Waals surface area contributed by atoms with Crippen molar-refractivity contribution in [1.82, 2.24) is 10.1 Å². The number of carbonyl (C=O) groups is 3. The average molecular weight is 384 g/mol. The Hall–Kier alpha value is -2.24. The van der Waals surface area contributed by atoms with E-state index in [-0.39, 0.29) is 29.2 Å². The molecule has 6 nitrogen and oxygen atoms in total. The summed E-state index contributed by atoms with van der Waals surface area (Å²) in [5.41, 5.74) is 2.35. The van der Waals surface area contributed by atoms with Crippen LogP contribution in [0.2, 0.25) is 0 Å². The summed E-state index contributed by atoms with van der Waals surface area (Å²) in [6, 6.07) is 0. The molecule has 2 aliphatic carbocycles. The number of aryl methyl sites for hydroxylation is 2. The molecule has 0 amide bonds. The van der Waals surface area contributed by atoms with Crippen molar-refractivity contribution in [1.29, 1.82) is 0 Å². The van der Waals surface area contributed by atoms with E-state index >= 15 is 0 Å². The van der Waals surface area contributed by atoms with Crippen molar-refractivity contribution < 1.29 is 18.9 Å². The lowest BCUT2D eigenvalue weighted by Gasteiger charge is -2.36. The van der Waals surface area contributed by atoms with Crippen molar-refractivity contribution in [3.63, 3.8) is 0 Å².